The van der Waals surface area contributed by atoms with Crippen LogP contribution in [0.2, 0.25) is 0 Å². The number of rotatable bonds is 4. The summed E-state index contributed by atoms with van der Waals surface area (Å²) in [4.78, 5) is 25.7. The first-order valence-corrected chi connectivity index (χ1v) is 12.9. The van der Waals surface area contributed by atoms with Crippen LogP contribution in [0.1, 0.15) is 43.6 Å². The van der Waals surface area contributed by atoms with Gasteiger partial charge in [-0.05, 0) is 74.2 Å². The van der Waals surface area contributed by atoms with Gasteiger partial charge < -0.3 is 15.0 Å². The topological polar surface area (TPSA) is 101 Å². The molecule has 4 heterocycles. The third kappa shape index (κ3) is 3.98. The number of likely N-dealkylation sites (N-methyl/N-ethyl adjacent to an activating group) is 1. The number of nitrogens with zero attached hydrogens (tertiary/aromatic N) is 4. The number of halogens is 1. The summed E-state index contributed by atoms with van der Waals surface area (Å²) in [7, 11) is 1.99. The second-order valence-corrected chi connectivity index (χ2v) is 10.3. The summed E-state index contributed by atoms with van der Waals surface area (Å²) in [5.41, 5.74) is 5.90. The number of benzene rings is 2. The van der Waals surface area contributed by atoms with Gasteiger partial charge >= 0.3 is 0 Å². The normalized spacial score (nSPS) is 20.1. The van der Waals surface area contributed by atoms with Gasteiger partial charge in [0.2, 0.25) is 5.91 Å². The van der Waals surface area contributed by atoms with E-state index in [1.54, 1.807) is 0 Å². The van der Waals surface area contributed by atoms with Crippen molar-refractivity contribution in [2.45, 2.75) is 58.2 Å². The molecule has 0 saturated carbocycles. The Labute approximate surface area is 214 Å². The molecule has 37 heavy (non-hydrogen) atoms. The molecule has 192 valence electrons. The lowest BCUT2D eigenvalue weighted by Gasteiger charge is -2.34. The first kappa shape index (κ1) is 23.7. The lowest BCUT2D eigenvalue weighted by atomic mass is 9.96. The number of H-pyrrole nitrogens is 2. The number of amides is 1. The maximum atomic E-state index is 14.1. The van der Waals surface area contributed by atoms with Gasteiger partial charge in [-0.3, -0.25) is 14.8 Å². The number of hydrogen-bond donors (Lipinski definition) is 3. The fraction of sp³-hybridized carbons (Fsp3) is 0.393. The van der Waals surface area contributed by atoms with E-state index in [-0.39, 0.29) is 17.7 Å². The molecule has 1 saturated heterocycles. The highest BCUT2D eigenvalue weighted by Gasteiger charge is 2.37. The quantitative estimate of drug-likeness (QED) is 0.384. The molecule has 2 aromatic heterocycles. The molecule has 2 atom stereocenters. The summed E-state index contributed by atoms with van der Waals surface area (Å²) < 4.78 is 14.1. The van der Waals surface area contributed by atoms with E-state index in [4.69, 9.17) is 4.98 Å². The number of fused-ring (bicyclic) bond motifs is 2. The van der Waals surface area contributed by atoms with Gasteiger partial charge in [-0.25, -0.2) is 9.37 Å². The zero-order valence-electron chi connectivity index (χ0n) is 21.3. The summed E-state index contributed by atoms with van der Waals surface area (Å²) in [6.07, 6.45) is 3.37. The number of nitrogens with one attached hydrogen (secondary N) is 2. The Bertz CT molecular complexity index is 1510. The standard InChI is InChI=1S/C28H31FN6O2/c1-4-16-11-25(36)20(29)12-19(16)17-7-8-18-21(10-17)32-33-26(18)27-30-22-13-24(34(3)14-23(22)31-27)28(37)35-9-5-6-15(35)2/h7-8,10-12,15,24,36H,4-6,9,13-14H2,1-3H3,(H,30,31)(H,32,33)/t15-,24?/m1/s1. The fourth-order valence-corrected chi connectivity index (χ4v) is 5.82. The Morgan fingerprint density at radius 2 is 2.11 bits per heavy atom. The molecule has 3 N–H and O–H groups in total. The molecule has 1 fully saturated rings. The van der Waals surface area contributed by atoms with Gasteiger partial charge in [-0.1, -0.05) is 13.0 Å². The van der Waals surface area contributed by atoms with Crippen LogP contribution in [0.4, 0.5) is 4.39 Å². The second-order valence-electron chi connectivity index (χ2n) is 10.3. The Morgan fingerprint density at radius 3 is 2.86 bits per heavy atom. The predicted molar refractivity (Wildman–Crippen MR) is 139 cm³/mol. The molecule has 0 spiro atoms. The Morgan fingerprint density at radius 1 is 1.27 bits per heavy atom. The third-order valence-corrected chi connectivity index (χ3v) is 7.96. The molecule has 1 unspecified atom stereocenters. The Balaban J connectivity index is 1.30. The Kier molecular flexibility index (Phi) is 5.75. The van der Waals surface area contributed by atoms with Gasteiger partial charge in [0, 0.05) is 30.9 Å². The predicted octanol–water partition coefficient (Wildman–Crippen LogP) is 4.39. The molecule has 9 heteroatoms. The smallest absolute Gasteiger partial charge is 0.240 e. The van der Waals surface area contributed by atoms with Gasteiger partial charge in [-0.2, -0.15) is 5.10 Å². The lowest BCUT2D eigenvalue weighted by Crippen LogP contribution is -2.51. The number of phenolic OH excluding ortho intramolecular Hbond substituents is 1. The molecule has 0 bridgehead atoms. The number of aromatic nitrogens is 4. The highest BCUT2D eigenvalue weighted by Crippen LogP contribution is 2.34. The number of hydrogen-bond acceptors (Lipinski definition) is 5. The molecule has 0 radical (unpaired) electrons. The molecule has 2 aromatic carbocycles. The average molecular weight is 503 g/mol. The van der Waals surface area contributed by atoms with Crippen LogP contribution in [0.3, 0.4) is 0 Å². The van der Waals surface area contributed by atoms with Crippen molar-refractivity contribution >= 4 is 16.8 Å². The van der Waals surface area contributed by atoms with Crippen molar-refractivity contribution < 1.29 is 14.3 Å². The number of carbonyl (C=O) groups excluding carboxylic acids is 1. The van der Waals surface area contributed by atoms with Gasteiger partial charge in [0.1, 0.15) is 5.69 Å². The molecule has 2 aliphatic heterocycles. The number of imidazole rings is 1. The second kappa shape index (κ2) is 8.99. The van der Waals surface area contributed by atoms with Crippen LogP contribution in [-0.2, 0) is 24.2 Å². The minimum atomic E-state index is -0.639. The van der Waals surface area contributed by atoms with Gasteiger partial charge in [0.05, 0.1) is 22.9 Å². The number of aromatic amines is 2. The van der Waals surface area contributed by atoms with E-state index in [1.807, 2.05) is 37.1 Å². The number of carbonyl (C=O) groups is 1. The van der Waals surface area contributed by atoms with E-state index in [0.29, 0.717) is 36.9 Å². The molecule has 6 rings (SSSR count). The summed E-state index contributed by atoms with van der Waals surface area (Å²) in [5, 5.41) is 18.3. The molecule has 0 aliphatic carbocycles. The molecule has 4 aromatic rings. The monoisotopic (exact) mass is 502 g/mol. The first-order valence-electron chi connectivity index (χ1n) is 12.9. The number of phenols is 1. The number of aromatic hydroxyl groups is 1. The van der Waals surface area contributed by atoms with E-state index in [1.165, 1.54) is 12.1 Å². The number of aryl methyl sites for hydroxylation is 1. The van der Waals surface area contributed by atoms with Crippen LogP contribution in [0.15, 0.2) is 30.3 Å². The first-order chi connectivity index (χ1) is 17.8. The summed E-state index contributed by atoms with van der Waals surface area (Å²) in [6, 6.07) is 8.80. The SMILES string of the molecule is CCc1cc(O)c(F)cc1-c1ccc2c(-c3nc4c([nH]3)CN(C)C(C(=O)N3CCC[C@H]3C)C4)n[nH]c2c1. The van der Waals surface area contributed by atoms with Crippen LogP contribution in [0.25, 0.3) is 33.5 Å². The van der Waals surface area contributed by atoms with Crippen molar-refractivity contribution in [3.8, 4) is 28.4 Å². The van der Waals surface area contributed by atoms with Crippen LogP contribution < -0.4 is 0 Å². The van der Waals surface area contributed by atoms with Crippen molar-refractivity contribution in [2.75, 3.05) is 13.6 Å². The molecule has 1 amide bonds. The molecule has 2 aliphatic rings. The highest BCUT2D eigenvalue weighted by molar-refractivity contribution is 5.94. The van der Waals surface area contributed by atoms with Gasteiger partial charge in [0.15, 0.2) is 17.4 Å². The summed E-state index contributed by atoms with van der Waals surface area (Å²) in [6.45, 7) is 5.56. The molecular formula is C28H31FN6O2. The van der Waals surface area contributed by atoms with Crippen LogP contribution in [0, 0.1) is 5.82 Å². The van der Waals surface area contributed by atoms with Gasteiger partial charge in [0.25, 0.3) is 0 Å². The van der Waals surface area contributed by atoms with E-state index >= 15 is 0 Å². The highest BCUT2D eigenvalue weighted by atomic mass is 19.1. The zero-order chi connectivity index (χ0) is 25.8. The van der Waals surface area contributed by atoms with Crippen molar-refractivity contribution in [1.29, 1.82) is 0 Å². The van der Waals surface area contributed by atoms with Crippen molar-refractivity contribution in [3.05, 3.63) is 53.1 Å². The zero-order valence-corrected chi connectivity index (χ0v) is 21.3. The number of likely N-dealkylation sites (tertiary alicyclic amines) is 1. The average Bonchev–Trinajstić information content (AvgIpc) is 3.61. The maximum absolute atomic E-state index is 14.1. The van der Waals surface area contributed by atoms with Crippen LogP contribution in [0.5, 0.6) is 5.75 Å². The van der Waals surface area contributed by atoms with E-state index in [0.717, 1.165) is 58.4 Å². The third-order valence-electron chi connectivity index (χ3n) is 7.96. The maximum Gasteiger partial charge on any atom is 0.240 e. The minimum Gasteiger partial charge on any atom is -0.505 e. The van der Waals surface area contributed by atoms with E-state index in [9.17, 15) is 14.3 Å². The van der Waals surface area contributed by atoms with Gasteiger partial charge in [-0.15, -0.1) is 0 Å². The molecular weight excluding hydrogens is 471 g/mol. The largest absolute Gasteiger partial charge is 0.505 e. The summed E-state index contributed by atoms with van der Waals surface area (Å²) >= 11 is 0. The minimum absolute atomic E-state index is 0.192. The van der Waals surface area contributed by atoms with Crippen LogP contribution in [-0.4, -0.2) is 66.7 Å². The van der Waals surface area contributed by atoms with Crippen molar-refractivity contribution in [1.82, 2.24) is 30.0 Å². The Hall–Kier alpha value is -3.72. The molecule has 8 nitrogen and oxygen atoms in total. The van der Waals surface area contributed by atoms with Crippen molar-refractivity contribution in [2.24, 2.45) is 0 Å². The van der Waals surface area contributed by atoms with E-state index in [2.05, 4.69) is 27.0 Å². The van der Waals surface area contributed by atoms with Crippen molar-refractivity contribution in [3.63, 3.8) is 0 Å². The van der Waals surface area contributed by atoms with E-state index < -0.39 is 5.82 Å². The lowest BCUT2D eigenvalue weighted by molar-refractivity contribution is -0.137. The fourth-order valence-electron chi connectivity index (χ4n) is 5.82. The van der Waals surface area contributed by atoms with Crippen LogP contribution >= 0.6 is 0 Å². The summed E-state index contributed by atoms with van der Waals surface area (Å²) in [5.74, 6) is -0.112.